The van der Waals surface area contributed by atoms with Crippen LogP contribution in [0, 0.1) is 18.8 Å². The lowest BCUT2D eigenvalue weighted by atomic mass is 9.96. The third kappa shape index (κ3) is 4.48. The number of aryl methyl sites for hydroxylation is 1. The average Bonchev–Trinajstić information content (AvgIpc) is 3.23. The number of amides is 1. The summed E-state index contributed by atoms with van der Waals surface area (Å²) in [6.45, 7) is 9.75. The van der Waals surface area contributed by atoms with Crippen molar-refractivity contribution in [3.05, 3.63) is 22.5 Å². The smallest absolute Gasteiger partial charge is 0.246 e. The quantitative estimate of drug-likeness (QED) is 0.735. The summed E-state index contributed by atoms with van der Waals surface area (Å²) in [7, 11) is 0. The summed E-state index contributed by atoms with van der Waals surface area (Å²) in [6, 6.07) is 0. The van der Waals surface area contributed by atoms with Crippen LogP contribution in [0.15, 0.2) is 6.08 Å². The van der Waals surface area contributed by atoms with Crippen molar-refractivity contribution in [2.75, 3.05) is 26.3 Å². The van der Waals surface area contributed by atoms with E-state index in [0.717, 1.165) is 43.7 Å². The fourth-order valence-corrected chi connectivity index (χ4v) is 3.83. The van der Waals surface area contributed by atoms with Crippen molar-refractivity contribution in [1.29, 1.82) is 0 Å². The van der Waals surface area contributed by atoms with Crippen molar-refractivity contribution in [2.24, 2.45) is 11.8 Å². The second kappa shape index (κ2) is 8.55. The van der Waals surface area contributed by atoms with Gasteiger partial charge in [-0.05, 0) is 31.8 Å². The molecule has 2 fully saturated rings. The number of rotatable bonds is 5. The first-order valence-corrected chi connectivity index (χ1v) is 9.76. The number of halogens is 1. The van der Waals surface area contributed by atoms with Crippen LogP contribution in [0.2, 0.25) is 5.15 Å². The number of carbonyl (C=O) groups is 1. The number of ether oxygens (including phenoxy) is 2. The second-order valence-corrected chi connectivity index (χ2v) is 7.83. The van der Waals surface area contributed by atoms with Crippen LogP contribution in [0.3, 0.4) is 0 Å². The Kier molecular flexibility index (Phi) is 6.37. The normalized spacial score (nSPS) is 20.0. The summed E-state index contributed by atoms with van der Waals surface area (Å²) in [5.41, 5.74) is 1.66. The molecule has 0 saturated carbocycles. The van der Waals surface area contributed by atoms with Gasteiger partial charge in [0, 0.05) is 37.2 Å². The maximum atomic E-state index is 12.5. The van der Waals surface area contributed by atoms with Crippen LogP contribution in [0.5, 0.6) is 0 Å². The molecule has 26 heavy (non-hydrogen) atoms. The lowest BCUT2D eigenvalue weighted by Crippen LogP contribution is -2.40. The number of carbonyl (C=O) groups excluding carboxylic acids is 1. The first-order valence-electron chi connectivity index (χ1n) is 9.38. The minimum atomic E-state index is -0.0870. The van der Waals surface area contributed by atoms with Crippen LogP contribution in [-0.2, 0) is 20.8 Å². The minimum absolute atomic E-state index is 0.0174. The minimum Gasteiger partial charge on any atom is -0.350 e. The molecule has 0 N–H and O–H groups in total. The van der Waals surface area contributed by atoms with E-state index in [2.05, 4.69) is 18.9 Å². The number of piperidine rings is 1. The Labute approximate surface area is 160 Å². The van der Waals surface area contributed by atoms with Gasteiger partial charge in [-0.1, -0.05) is 25.4 Å². The van der Waals surface area contributed by atoms with Crippen molar-refractivity contribution in [1.82, 2.24) is 14.7 Å². The molecule has 1 amide bonds. The van der Waals surface area contributed by atoms with Crippen molar-refractivity contribution >= 4 is 23.6 Å². The molecule has 2 saturated heterocycles. The summed E-state index contributed by atoms with van der Waals surface area (Å²) in [6.07, 6.45) is 5.14. The summed E-state index contributed by atoms with van der Waals surface area (Å²) in [4.78, 5) is 14.4. The van der Waals surface area contributed by atoms with Crippen LogP contribution >= 0.6 is 11.6 Å². The van der Waals surface area contributed by atoms with Gasteiger partial charge >= 0.3 is 0 Å². The Morgan fingerprint density at radius 3 is 2.58 bits per heavy atom. The summed E-state index contributed by atoms with van der Waals surface area (Å²) in [5.74, 6) is 0.861. The first-order chi connectivity index (χ1) is 12.5. The predicted molar refractivity (Wildman–Crippen MR) is 101 cm³/mol. The first kappa shape index (κ1) is 19.4. The topological polar surface area (TPSA) is 56.6 Å². The van der Waals surface area contributed by atoms with Crippen LogP contribution in [0.1, 0.15) is 37.9 Å². The van der Waals surface area contributed by atoms with Crippen LogP contribution in [-0.4, -0.2) is 53.2 Å². The lowest BCUT2D eigenvalue weighted by molar-refractivity contribution is -0.131. The molecule has 3 heterocycles. The van der Waals surface area contributed by atoms with Crippen LogP contribution < -0.4 is 0 Å². The molecule has 144 valence electrons. The number of hydrogen-bond donors (Lipinski definition) is 0. The SMILES string of the molecule is Cc1nn(CC(C)C)c(Cl)c1/C=C/C(=O)N1CCC(C2OCCO2)CC1. The molecule has 2 aliphatic rings. The summed E-state index contributed by atoms with van der Waals surface area (Å²) < 4.78 is 13.0. The molecule has 6 nitrogen and oxygen atoms in total. The molecular weight excluding hydrogens is 354 g/mol. The van der Waals surface area contributed by atoms with E-state index in [4.69, 9.17) is 21.1 Å². The molecular formula is C19H28ClN3O3. The molecule has 7 heteroatoms. The fraction of sp³-hybridized carbons (Fsp3) is 0.684. The molecule has 0 radical (unpaired) electrons. The van der Waals surface area contributed by atoms with Gasteiger partial charge in [-0.15, -0.1) is 0 Å². The fourth-order valence-electron chi connectivity index (χ4n) is 3.52. The maximum absolute atomic E-state index is 12.5. The molecule has 0 atom stereocenters. The third-order valence-corrected chi connectivity index (χ3v) is 5.32. The average molecular weight is 382 g/mol. The van der Waals surface area contributed by atoms with Gasteiger partial charge in [0.05, 0.1) is 18.9 Å². The van der Waals surface area contributed by atoms with Gasteiger partial charge in [-0.2, -0.15) is 5.10 Å². The molecule has 0 bridgehead atoms. The summed E-state index contributed by atoms with van der Waals surface area (Å²) >= 11 is 6.43. The Balaban J connectivity index is 1.57. The van der Waals surface area contributed by atoms with Gasteiger partial charge in [0.2, 0.25) is 5.91 Å². The van der Waals surface area contributed by atoms with E-state index in [0.29, 0.717) is 30.2 Å². The lowest BCUT2D eigenvalue weighted by Gasteiger charge is -2.33. The molecule has 2 aliphatic heterocycles. The van der Waals surface area contributed by atoms with E-state index in [1.165, 1.54) is 0 Å². The zero-order valence-corrected chi connectivity index (χ0v) is 16.5. The van der Waals surface area contributed by atoms with Gasteiger partial charge in [0.25, 0.3) is 0 Å². The number of aromatic nitrogens is 2. The van der Waals surface area contributed by atoms with Crippen molar-refractivity contribution in [2.45, 2.75) is 46.4 Å². The largest absolute Gasteiger partial charge is 0.350 e. The molecule has 0 unspecified atom stereocenters. The molecule has 0 aliphatic carbocycles. The monoisotopic (exact) mass is 381 g/mol. The van der Waals surface area contributed by atoms with E-state index in [9.17, 15) is 4.79 Å². The Morgan fingerprint density at radius 1 is 1.31 bits per heavy atom. The Bertz CT molecular complexity index is 657. The van der Waals surface area contributed by atoms with Gasteiger partial charge in [-0.25, -0.2) is 0 Å². The second-order valence-electron chi connectivity index (χ2n) is 7.47. The van der Waals surface area contributed by atoms with Crippen LogP contribution in [0.25, 0.3) is 6.08 Å². The number of nitrogens with zero attached hydrogens (tertiary/aromatic N) is 3. The van der Waals surface area contributed by atoms with E-state index in [1.54, 1.807) is 16.8 Å². The molecule has 0 spiro atoms. The van der Waals surface area contributed by atoms with Crippen molar-refractivity contribution < 1.29 is 14.3 Å². The number of likely N-dealkylation sites (tertiary alicyclic amines) is 1. The highest BCUT2D eigenvalue weighted by atomic mass is 35.5. The molecule has 0 aromatic carbocycles. The van der Waals surface area contributed by atoms with Gasteiger partial charge < -0.3 is 14.4 Å². The van der Waals surface area contributed by atoms with Gasteiger partial charge in [0.1, 0.15) is 5.15 Å². The molecule has 1 aromatic rings. The molecule has 3 rings (SSSR count). The predicted octanol–water partition coefficient (Wildman–Crippen LogP) is 3.13. The van der Waals surface area contributed by atoms with E-state index < -0.39 is 0 Å². The van der Waals surface area contributed by atoms with Gasteiger partial charge in [-0.3, -0.25) is 9.48 Å². The van der Waals surface area contributed by atoms with E-state index >= 15 is 0 Å². The van der Waals surface area contributed by atoms with E-state index in [-0.39, 0.29) is 12.2 Å². The van der Waals surface area contributed by atoms with Crippen molar-refractivity contribution in [3.63, 3.8) is 0 Å². The Hall–Kier alpha value is -1.37. The maximum Gasteiger partial charge on any atom is 0.246 e. The van der Waals surface area contributed by atoms with Crippen LogP contribution in [0.4, 0.5) is 0 Å². The standard InChI is InChI=1S/C19H28ClN3O3/c1-13(2)12-23-18(20)16(14(3)21-23)4-5-17(24)22-8-6-15(7-9-22)19-25-10-11-26-19/h4-5,13,15,19H,6-12H2,1-3H3/b5-4+. The third-order valence-electron chi connectivity index (χ3n) is 4.92. The Morgan fingerprint density at radius 2 is 1.96 bits per heavy atom. The summed E-state index contributed by atoms with van der Waals surface area (Å²) in [5, 5.41) is 5.07. The highest BCUT2D eigenvalue weighted by Gasteiger charge is 2.31. The number of hydrogen-bond acceptors (Lipinski definition) is 4. The van der Waals surface area contributed by atoms with E-state index in [1.807, 2.05) is 11.8 Å². The zero-order chi connectivity index (χ0) is 18.7. The van der Waals surface area contributed by atoms with Gasteiger partial charge in [0.15, 0.2) is 6.29 Å². The molecule has 1 aromatic heterocycles. The highest BCUT2D eigenvalue weighted by Crippen LogP contribution is 2.26. The highest BCUT2D eigenvalue weighted by molar-refractivity contribution is 6.31. The van der Waals surface area contributed by atoms with Crippen molar-refractivity contribution in [3.8, 4) is 0 Å². The zero-order valence-electron chi connectivity index (χ0n) is 15.8.